The van der Waals surface area contributed by atoms with E-state index in [0.717, 1.165) is 12.8 Å². The van der Waals surface area contributed by atoms with Crippen LogP contribution in [-0.4, -0.2) is 21.8 Å². The summed E-state index contributed by atoms with van der Waals surface area (Å²) in [7, 11) is 0. The van der Waals surface area contributed by atoms with Gasteiger partial charge in [0.25, 0.3) is 0 Å². The van der Waals surface area contributed by atoms with Crippen LogP contribution in [0.3, 0.4) is 0 Å². The lowest BCUT2D eigenvalue weighted by atomic mass is 9.90. The van der Waals surface area contributed by atoms with Crippen LogP contribution in [0.15, 0.2) is 0 Å². The fourth-order valence-electron chi connectivity index (χ4n) is 3.02. The molecule has 3 unspecified atom stereocenters. The molecule has 13 heavy (non-hydrogen) atoms. The predicted molar refractivity (Wildman–Crippen MR) is 47.2 cm³/mol. The summed E-state index contributed by atoms with van der Waals surface area (Å²) in [5, 5.41) is 18.8. The molecule has 0 aromatic heterocycles. The van der Waals surface area contributed by atoms with Gasteiger partial charge in [0, 0.05) is 5.92 Å². The molecule has 0 amide bonds. The Morgan fingerprint density at radius 3 is 2.31 bits per heavy atom. The lowest BCUT2D eigenvalue weighted by molar-refractivity contribution is -0.160. The molecule has 0 spiro atoms. The Balaban J connectivity index is 2.22. The molecule has 0 bridgehead atoms. The molecule has 2 N–H and O–H groups in total. The molecule has 0 aliphatic heterocycles. The molecule has 2 rings (SSSR count). The molecule has 3 heteroatoms. The Kier molecular flexibility index (Phi) is 1.57. The highest BCUT2D eigenvalue weighted by atomic mass is 16.4. The molecule has 2 aliphatic rings. The van der Waals surface area contributed by atoms with E-state index < -0.39 is 11.6 Å². The van der Waals surface area contributed by atoms with E-state index in [1.54, 1.807) is 0 Å². The first-order valence-corrected chi connectivity index (χ1v) is 4.89. The number of rotatable bonds is 2. The van der Waals surface area contributed by atoms with Gasteiger partial charge in [0.2, 0.25) is 0 Å². The van der Waals surface area contributed by atoms with E-state index in [-0.39, 0.29) is 11.3 Å². The summed E-state index contributed by atoms with van der Waals surface area (Å²) in [6.45, 7) is 4.24. The van der Waals surface area contributed by atoms with Gasteiger partial charge in [0.05, 0.1) is 0 Å². The average Bonchev–Trinajstić information content (AvgIpc) is 2.70. The van der Waals surface area contributed by atoms with Gasteiger partial charge in [-0.25, -0.2) is 4.79 Å². The molecule has 0 radical (unpaired) electrons. The topological polar surface area (TPSA) is 57.5 Å². The zero-order valence-electron chi connectivity index (χ0n) is 8.08. The number of carboxylic acids is 1. The fraction of sp³-hybridized carbons (Fsp3) is 0.900. The summed E-state index contributed by atoms with van der Waals surface area (Å²) in [5.74, 6) is -0.527. The number of carbonyl (C=O) groups is 1. The monoisotopic (exact) mass is 184 g/mol. The lowest BCUT2D eigenvalue weighted by Crippen LogP contribution is -2.38. The van der Waals surface area contributed by atoms with Gasteiger partial charge in [0.15, 0.2) is 5.60 Å². The van der Waals surface area contributed by atoms with E-state index >= 15 is 0 Å². The standard InChI is InChI=1S/C10H16O3/c1-6(2)9-3-4-10(13,8(11)12)7(9)5-9/h6-7,13H,3-5H2,1-2H3,(H,11,12). The summed E-state index contributed by atoms with van der Waals surface area (Å²) in [4.78, 5) is 10.9. The van der Waals surface area contributed by atoms with E-state index in [1.165, 1.54) is 0 Å². The third-order valence-electron chi connectivity index (χ3n) is 4.19. The molecule has 3 atom stereocenters. The van der Waals surface area contributed by atoms with Crippen LogP contribution in [0, 0.1) is 17.3 Å². The van der Waals surface area contributed by atoms with Gasteiger partial charge < -0.3 is 10.2 Å². The van der Waals surface area contributed by atoms with Gasteiger partial charge >= 0.3 is 5.97 Å². The number of carboxylic acid groups (broad SMARTS) is 1. The SMILES string of the molecule is CC(C)C12CCC(O)(C(=O)O)C1C2. The number of hydrogen-bond acceptors (Lipinski definition) is 2. The van der Waals surface area contributed by atoms with Gasteiger partial charge in [-0.3, -0.25) is 0 Å². The Bertz CT molecular complexity index is 261. The number of aliphatic carboxylic acids is 1. The molecule has 3 nitrogen and oxygen atoms in total. The summed E-state index contributed by atoms with van der Waals surface area (Å²) < 4.78 is 0. The van der Waals surface area contributed by atoms with Gasteiger partial charge in [-0.05, 0) is 30.6 Å². The Labute approximate surface area is 77.8 Å². The van der Waals surface area contributed by atoms with Crippen molar-refractivity contribution >= 4 is 5.97 Å². The first kappa shape index (κ1) is 9.00. The average molecular weight is 184 g/mol. The molecule has 2 saturated carbocycles. The van der Waals surface area contributed by atoms with Crippen molar-refractivity contribution in [2.75, 3.05) is 0 Å². The Morgan fingerprint density at radius 1 is 1.46 bits per heavy atom. The molecular weight excluding hydrogens is 168 g/mol. The highest BCUT2D eigenvalue weighted by molar-refractivity contribution is 5.79. The van der Waals surface area contributed by atoms with Crippen molar-refractivity contribution in [1.29, 1.82) is 0 Å². The van der Waals surface area contributed by atoms with Gasteiger partial charge in [-0.2, -0.15) is 0 Å². The van der Waals surface area contributed by atoms with E-state index in [2.05, 4.69) is 13.8 Å². The van der Waals surface area contributed by atoms with E-state index in [9.17, 15) is 9.90 Å². The molecule has 0 aromatic carbocycles. The van der Waals surface area contributed by atoms with Crippen LogP contribution in [0.1, 0.15) is 33.1 Å². The summed E-state index contributed by atoms with van der Waals surface area (Å²) in [5.41, 5.74) is -1.27. The van der Waals surface area contributed by atoms with Crippen molar-refractivity contribution in [2.24, 2.45) is 17.3 Å². The largest absolute Gasteiger partial charge is 0.479 e. The molecule has 0 heterocycles. The predicted octanol–water partition coefficient (Wildman–Crippen LogP) is 1.26. The van der Waals surface area contributed by atoms with Crippen LogP contribution >= 0.6 is 0 Å². The van der Waals surface area contributed by atoms with Crippen molar-refractivity contribution in [3.8, 4) is 0 Å². The maximum Gasteiger partial charge on any atom is 0.335 e. The maximum absolute atomic E-state index is 10.9. The second-order valence-electron chi connectivity index (χ2n) is 4.87. The van der Waals surface area contributed by atoms with E-state index in [1.807, 2.05) is 0 Å². The summed E-state index contributed by atoms with van der Waals surface area (Å²) in [6, 6.07) is 0. The fourth-order valence-corrected chi connectivity index (χ4v) is 3.02. The van der Waals surface area contributed by atoms with Crippen LogP contribution in [-0.2, 0) is 4.79 Å². The van der Waals surface area contributed by atoms with Gasteiger partial charge in [0.1, 0.15) is 0 Å². The second-order valence-corrected chi connectivity index (χ2v) is 4.87. The van der Waals surface area contributed by atoms with Crippen LogP contribution in [0.25, 0.3) is 0 Å². The molecule has 0 saturated heterocycles. The minimum Gasteiger partial charge on any atom is -0.479 e. The minimum absolute atomic E-state index is 0.0116. The molecular formula is C10H16O3. The first-order chi connectivity index (χ1) is 5.93. The van der Waals surface area contributed by atoms with Crippen LogP contribution < -0.4 is 0 Å². The van der Waals surface area contributed by atoms with Crippen molar-refractivity contribution in [3.63, 3.8) is 0 Å². The van der Waals surface area contributed by atoms with Gasteiger partial charge in [-0.1, -0.05) is 13.8 Å². The van der Waals surface area contributed by atoms with Gasteiger partial charge in [-0.15, -0.1) is 0 Å². The Hall–Kier alpha value is -0.570. The quantitative estimate of drug-likeness (QED) is 0.679. The molecule has 74 valence electrons. The summed E-state index contributed by atoms with van der Waals surface area (Å²) in [6.07, 6.45) is 2.21. The normalized spacial score (nSPS) is 47.8. The van der Waals surface area contributed by atoms with E-state index in [0.29, 0.717) is 12.3 Å². The zero-order valence-corrected chi connectivity index (χ0v) is 8.08. The van der Waals surface area contributed by atoms with Crippen LogP contribution in [0.4, 0.5) is 0 Å². The Morgan fingerprint density at radius 2 is 2.08 bits per heavy atom. The third kappa shape index (κ3) is 0.909. The maximum atomic E-state index is 10.9. The number of aliphatic hydroxyl groups is 1. The molecule has 2 fully saturated rings. The van der Waals surface area contributed by atoms with Crippen LogP contribution in [0.2, 0.25) is 0 Å². The highest BCUT2D eigenvalue weighted by Crippen LogP contribution is 2.70. The lowest BCUT2D eigenvalue weighted by Gasteiger charge is -2.18. The van der Waals surface area contributed by atoms with E-state index in [4.69, 9.17) is 5.11 Å². The van der Waals surface area contributed by atoms with Crippen molar-refractivity contribution in [3.05, 3.63) is 0 Å². The van der Waals surface area contributed by atoms with Crippen molar-refractivity contribution in [1.82, 2.24) is 0 Å². The first-order valence-electron chi connectivity index (χ1n) is 4.89. The summed E-state index contributed by atoms with van der Waals surface area (Å²) >= 11 is 0. The molecule has 0 aromatic rings. The second kappa shape index (κ2) is 2.27. The van der Waals surface area contributed by atoms with Crippen molar-refractivity contribution in [2.45, 2.75) is 38.7 Å². The highest BCUT2D eigenvalue weighted by Gasteiger charge is 2.71. The van der Waals surface area contributed by atoms with Crippen molar-refractivity contribution < 1.29 is 15.0 Å². The number of fused-ring (bicyclic) bond motifs is 1. The zero-order chi connectivity index (χ0) is 9.85. The smallest absolute Gasteiger partial charge is 0.335 e. The number of hydrogen-bond donors (Lipinski definition) is 2. The minimum atomic E-state index is -1.41. The molecule has 2 aliphatic carbocycles. The van der Waals surface area contributed by atoms with Crippen LogP contribution in [0.5, 0.6) is 0 Å². The third-order valence-corrected chi connectivity index (χ3v) is 4.19.